The fourth-order valence-electron chi connectivity index (χ4n) is 3.21. The second kappa shape index (κ2) is 5.18. The summed E-state index contributed by atoms with van der Waals surface area (Å²) in [5.74, 6) is 0.497. The van der Waals surface area contributed by atoms with E-state index >= 15 is 0 Å². The lowest BCUT2D eigenvalue weighted by atomic mass is 9.91. The van der Waals surface area contributed by atoms with Crippen LogP contribution < -0.4 is 0 Å². The van der Waals surface area contributed by atoms with Crippen LogP contribution in [0.5, 0.6) is 0 Å². The molecule has 0 amide bonds. The van der Waals surface area contributed by atoms with Crippen molar-refractivity contribution in [3.05, 3.63) is 53.0 Å². The fourth-order valence-corrected chi connectivity index (χ4v) is 3.21. The van der Waals surface area contributed by atoms with E-state index in [4.69, 9.17) is 4.52 Å². The van der Waals surface area contributed by atoms with Crippen molar-refractivity contribution < 1.29 is 17.7 Å². The van der Waals surface area contributed by atoms with Crippen LogP contribution in [0.15, 0.2) is 34.9 Å². The summed E-state index contributed by atoms with van der Waals surface area (Å²) in [5.41, 5.74) is 1.11. The number of rotatable bonds is 3. The predicted molar refractivity (Wildman–Crippen MR) is 82.7 cm³/mol. The van der Waals surface area contributed by atoms with Crippen molar-refractivity contribution in [1.82, 2.24) is 19.9 Å². The highest BCUT2D eigenvalue weighted by Crippen LogP contribution is 2.53. The first-order valence-electron chi connectivity index (χ1n) is 7.83. The van der Waals surface area contributed by atoms with Crippen molar-refractivity contribution in [3.63, 3.8) is 0 Å². The molecule has 1 aromatic carbocycles. The summed E-state index contributed by atoms with van der Waals surface area (Å²) in [4.78, 5) is 4.35. The molecule has 130 valence electrons. The van der Waals surface area contributed by atoms with Crippen molar-refractivity contribution in [1.29, 1.82) is 0 Å². The normalized spacial score (nSPS) is 16.2. The van der Waals surface area contributed by atoms with Gasteiger partial charge < -0.3 is 4.52 Å². The van der Waals surface area contributed by atoms with Crippen LogP contribution in [-0.2, 0) is 18.6 Å². The highest BCUT2D eigenvalue weighted by atomic mass is 19.4. The van der Waals surface area contributed by atoms with Gasteiger partial charge in [0.2, 0.25) is 0 Å². The molecule has 0 radical (unpaired) electrons. The molecule has 0 N–H and O–H groups in total. The monoisotopic (exact) mass is 348 g/mol. The molecule has 2 heterocycles. The number of alkyl halides is 3. The maximum atomic E-state index is 12.9. The molecule has 0 aliphatic heterocycles. The molecule has 0 unspecified atom stereocenters. The first-order valence-corrected chi connectivity index (χ1v) is 7.83. The van der Waals surface area contributed by atoms with Gasteiger partial charge in [-0.05, 0) is 30.9 Å². The molecule has 1 aliphatic carbocycles. The molecule has 0 saturated heterocycles. The maximum Gasteiger partial charge on any atom is 0.433 e. The van der Waals surface area contributed by atoms with Gasteiger partial charge in [-0.1, -0.05) is 29.4 Å². The first kappa shape index (κ1) is 15.9. The average Bonchev–Trinajstić information content (AvgIpc) is 3.01. The standard InChI is InChI=1S/C17H15F3N4O/c1-10-5-3-4-6-11(10)16(7-8-16)15-21-14(25-23-15)12-9-13(17(18,19)20)24(2)22-12/h3-6,9H,7-8H2,1-2H3. The number of hydrogen-bond donors (Lipinski definition) is 0. The van der Waals surface area contributed by atoms with Gasteiger partial charge in [0, 0.05) is 13.1 Å². The zero-order valence-electron chi connectivity index (χ0n) is 13.6. The fraction of sp³-hybridized carbons (Fsp3) is 0.353. The molecule has 2 aromatic heterocycles. The molecule has 5 nitrogen and oxygen atoms in total. The van der Waals surface area contributed by atoms with Crippen LogP contribution in [0.2, 0.25) is 0 Å². The molecule has 8 heteroatoms. The van der Waals surface area contributed by atoms with Crippen LogP contribution in [0.3, 0.4) is 0 Å². The van der Waals surface area contributed by atoms with E-state index in [9.17, 15) is 13.2 Å². The number of halogens is 3. The average molecular weight is 348 g/mol. The Labute approximate surface area is 141 Å². The van der Waals surface area contributed by atoms with Gasteiger partial charge in [-0.25, -0.2) is 0 Å². The number of aromatic nitrogens is 4. The van der Waals surface area contributed by atoms with E-state index in [0.717, 1.165) is 34.7 Å². The minimum atomic E-state index is -4.48. The molecule has 25 heavy (non-hydrogen) atoms. The van der Waals surface area contributed by atoms with Crippen LogP contribution in [0.4, 0.5) is 13.2 Å². The smallest absolute Gasteiger partial charge is 0.332 e. The van der Waals surface area contributed by atoms with Crippen LogP contribution in [0, 0.1) is 6.92 Å². The summed E-state index contributed by atoms with van der Waals surface area (Å²) in [5, 5.41) is 7.88. The molecule has 4 rings (SSSR count). The molecular weight excluding hydrogens is 333 g/mol. The van der Waals surface area contributed by atoms with Gasteiger partial charge in [-0.2, -0.15) is 23.3 Å². The van der Waals surface area contributed by atoms with E-state index < -0.39 is 11.9 Å². The largest absolute Gasteiger partial charge is 0.433 e. The summed E-state index contributed by atoms with van der Waals surface area (Å²) < 4.78 is 44.7. The van der Waals surface area contributed by atoms with Crippen molar-refractivity contribution in [2.45, 2.75) is 31.4 Å². The Morgan fingerprint density at radius 1 is 1.20 bits per heavy atom. The predicted octanol–water partition coefficient (Wildman–Crippen LogP) is 3.88. The Kier molecular flexibility index (Phi) is 3.28. The Morgan fingerprint density at radius 3 is 2.52 bits per heavy atom. The molecule has 1 aliphatic rings. The molecule has 1 fully saturated rings. The quantitative estimate of drug-likeness (QED) is 0.721. The lowest BCUT2D eigenvalue weighted by molar-refractivity contribution is -0.143. The van der Waals surface area contributed by atoms with E-state index in [2.05, 4.69) is 15.2 Å². The second-order valence-corrected chi connectivity index (χ2v) is 6.36. The molecule has 0 bridgehead atoms. The van der Waals surface area contributed by atoms with E-state index in [1.165, 1.54) is 7.05 Å². The molecule has 3 aromatic rings. The van der Waals surface area contributed by atoms with Crippen molar-refractivity contribution in [3.8, 4) is 11.6 Å². The van der Waals surface area contributed by atoms with Gasteiger partial charge in [0.25, 0.3) is 5.89 Å². The Morgan fingerprint density at radius 2 is 1.92 bits per heavy atom. The van der Waals surface area contributed by atoms with Crippen LogP contribution in [-0.4, -0.2) is 19.9 Å². The number of benzene rings is 1. The number of nitrogens with zero attached hydrogens (tertiary/aromatic N) is 4. The molecule has 0 spiro atoms. The summed E-state index contributed by atoms with van der Waals surface area (Å²) in [7, 11) is 1.24. The highest BCUT2D eigenvalue weighted by molar-refractivity contribution is 5.50. The highest BCUT2D eigenvalue weighted by Gasteiger charge is 2.50. The molecule has 1 saturated carbocycles. The summed E-state index contributed by atoms with van der Waals surface area (Å²) in [6.45, 7) is 2.02. The van der Waals surface area contributed by atoms with Crippen LogP contribution in [0.25, 0.3) is 11.6 Å². The van der Waals surface area contributed by atoms with Gasteiger partial charge in [0.05, 0.1) is 5.41 Å². The van der Waals surface area contributed by atoms with Gasteiger partial charge in [0.15, 0.2) is 11.5 Å². The zero-order chi connectivity index (χ0) is 17.8. The SMILES string of the molecule is Cc1ccccc1C1(c2noc(-c3cc(C(F)(F)F)n(C)n3)n2)CC1. The van der Waals surface area contributed by atoms with Gasteiger partial charge in [0.1, 0.15) is 5.69 Å². The number of hydrogen-bond acceptors (Lipinski definition) is 4. The second-order valence-electron chi connectivity index (χ2n) is 6.36. The summed E-state index contributed by atoms with van der Waals surface area (Å²) >= 11 is 0. The van der Waals surface area contributed by atoms with Gasteiger partial charge >= 0.3 is 6.18 Å². The van der Waals surface area contributed by atoms with Crippen molar-refractivity contribution in [2.24, 2.45) is 7.05 Å². The van der Waals surface area contributed by atoms with E-state index in [-0.39, 0.29) is 17.0 Å². The third-order valence-electron chi connectivity index (χ3n) is 4.65. The van der Waals surface area contributed by atoms with Crippen LogP contribution >= 0.6 is 0 Å². The molecule has 0 atom stereocenters. The zero-order valence-corrected chi connectivity index (χ0v) is 13.6. The Bertz CT molecular complexity index is 938. The van der Waals surface area contributed by atoms with Crippen LogP contribution in [0.1, 0.15) is 35.5 Å². The van der Waals surface area contributed by atoms with E-state index in [1.807, 2.05) is 31.2 Å². The van der Waals surface area contributed by atoms with Gasteiger partial charge in [-0.15, -0.1) is 0 Å². The third-order valence-corrected chi connectivity index (χ3v) is 4.65. The third kappa shape index (κ3) is 2.52. The first-order chi connectivity index (χ1) is 11.8. The maximum absolute atomic E-state index is 12.9. The lowest BCUT2D eigenvalue weighted by Gasteiger charge is -2.13. The van der Waals surface area contributed by atoms with Crippen molar-refractivity contribution >= 4 is 0 Å². The van der Waals surface area contributed by atoms with Crippen molar-refractivity contribution in [2.75, 3.05) is 0 Å². The van der Waals surface area contributed by atoms with E-state index in [1.54, 1.807) is 0 Å². The Balaban J connectivity index is 1.71. The van der Waals surface area contributed by atoms with E-state index in [0.29, 0.717) is 5.82 Å². The molecular formula is C17H15F3N4O. The Hall–Kier alpha value is -2.64. The summed E-state index contributed by atoms with van der Waals surface area (Å²) in [6.07, 6.45) is -2.72. The minimum absolute atomic E-state index is 0.000888. The summed E-state index contributed by atoms with van der Waals surface area (Å²) in [6, 6.07) is 8.89. The topological polar surface area (TPSA) is 56.7 Å². The number of aryl methyl sites for hydroxylation is 2. The minimum Gasteiger partial charge on any atom is -0.332 e. The van der Waals surface area contributed by atoms with Gasteiger partial charge in [-0.3, -0.25) is 4.68 Å². The lowest BCUT2D eigenvalue weighted by Crippen LogP contribution is -2.12.